The van der Waals surface area contributed by atoms with Crippen LogP contribution in [0.2, 0.25) is 0 Å². The zero-order valence-electron chi connectivity index (χ0n) is 17.0. The molecule has 1 aromatic carbocycles. The van der Waals surface area contributed by atoms with Gasteiger partial charge in [0.2, 0.25) is 5.91 Å². The van der Waals surface area contributed by atoms with Crippen molar-refractivity contribution in [1.82, 2.24) is 5.32 Å². The van der Waals surface area contributed by atoms with Crippen molar-refractivity contribution in [2.24, 2.45) is 5.92 Å². The molecule has 1 aliphatic carbocycles. The molecule has 1 aliphatic heterocycles. The molecule has 154 valence electrons. The molecule has 0 radical (unpaired) electrons. The van der Waals surface area contributed by atoms with Gasteiger partial charge in [-0.3, -0.25) is 14.4 Å². The van der Waals surface area contributed by atoms with E-state index in [1.165, 1.54) is 0 Å². The molecule has 7 heteroatoms. The van der Waals surface area contributed by atoms with Crippen molar-refractivity contribution in [3.8, 4) is 6.07 Å². The van der Waals surface area contributed by atoms with Crippen LogP contribution in [0.25, 0.3) is 0 Å². The quantitative estimate of drug-likeness (QED) is 0.770. The van der Waals surface area contributed by atoms with Gasteiger partial charge in [0.15, 0.2) is 6.61 Å². The highest BCUT2D eigenvalue weighted by molar-refractivity contribution is 6.00. The zero-order chi connectivity index (χ0) is 21.0. The molecule has 0 spiro atoms. The smallest absolute Gasteiger partial charge is 0.311 e. The summed E-state index contributed by atoms with van der Waals surface area (Å²) in [7, 11) is 0. The number of carbonyl (C=O) groups excluding carboxylic acids is 3. The lowest BCUT2D eigenvalue weighted by molar-refractivity contribution is -0.152. The predicted molar refractivity (Wildman–Crippen MR) is 107 cm³/mol. The number of esters is 1. The van der Waals surface area contributed by atoms with E-state index in [0.717, 1.165) is 36.1 Å². The summed E-state index contributed by atoms with van der Waals surface area (Å²) in [5.74, 6) is -1.76. The first-order chi connectivity index (χ1) is 13.8. The number of aryl methyl sites for hydroxylation is 1. The molecule has 0 unspecified atom stereocenters. The Morgan fingerprint density at radius 3 is 2.69 bits per heavy atom. The Labute approximate surface area is 171 Å². The molecule has 3 rings (SSSR count). The molecule has 1 saturated heterocycles. The first kappa shape index (κ1) is 20.8. The van der Waals surface area contributed by atoms with E-state index < -0.39 is 29.9 Å². The van der Waals surface area contributed by atoms with Gasteiger partial charge in [-0.25, -0.2) is 0 Å². The molecule has 29 heavy (non-hydrogen) atoms. The van der Waals surface area contributed by atoms with Crippen LogP contribution < -0.4 is 10.2 Å². The van der Waals surface area contributed by atoms with E-state index in [-0.39, 0.29) is 18.9 Å². The lowest BCUT2D eigenvalue weighted by Gasteiger charge is -2.31. The molecule has 1 saturated carbocycles. The Bertz CT molecular complexity index is 852. The van der Waals surface area contributed by atoms with Gasteiger partial charge in [0.05, 0.1) is 12.0 Å². The highest BCUT2D eigenvalue weighted by atomic mass is 16.5. The van der Waals surface area contributed by atoms with Gasteiger partial charge < -0.3 is 15.0 Å². The number of hydrogen-bond acceptors (Lipinski definition) is 5. The van der Waals surface area contributed by atoms with E-state index in [9.17, 15) is 19.6 Å². The molecule has 0 aromatic heterocycles. The number of nitrogens with zero attached hydrogens (tertiary/aromatic N) is 2. The summed E-state index contributed by atoms with van der Waals surface area (Å²) in [6.45, 7) is 3.73. The first-order valence-electron chi connectivity index (χ1n) is 10.1. The fourth-order valence-corrected chi connectivity index (χ4v) is 4.10. The average Bonchev–Trinajstić information content (AvgIpc) is 3.10. The molecule has 7 nitrogen and oxygen atoms in total. The zero-order valence-corrected chi connectivity index (χ0v) is 17.0. The minimum absolute atomic E-state index is 0.0654. The van der Waals surface area contributed by atoms with Crippen LogP contribution in [0.1, 0.15) is 49.7 Å². The Hall–Kier alpha value is -2.88. The topological polar surface area (TPSA) is 99.5 Å². The molecule has 1 atom stereocenters. The van der Waals surface area contributed by atoms with Gasteiger partial charge in [0.1, 0.15) is 5.54 Å². The fraction of sp³-hybridized carbons (Fsp3) is 0.545. The Kier molecular flexibility index (Phi) is 6.21. The third-order valence-corrected chi connectivity index (χ3v) is 5.97. The van der Waals surface area contributed by atoms with Crippen molar-refractivity contribution in [2.75, 3.05) is 18.1 Å². The van der Waals surface area contributed by atoms with Crippen molar-refractivity contribution >= 4 is 23.5 Å². The summed E-state index contributed by atoms with van der Waals surface area (Å²) in [6, 6.07) is 7.94. The molecule has 0 bridgehead atoms. The second-order valence-electron chi connectivity index (χ2n) is 8.03. The third kappa shape index (κ3) is 4.58. The maximum Gasteiger partial charge on any atom is 0.311 e. The predicted octanol–water partition coefficient (Wildman–Crippen LogP) is 2.54. The van der Waals surface area contributed by atoms with Gasteiger partial charge in [-0.1, -0.05) is 31.4 Å². The lowest BCUT2D eigenvalue weighted by Crippen LogP contribution is -2.50. The van der Waals surface area contributed by atoms with Gasteiger partial charge in [0, 0.05) is 18.7 Å². The van der Waals surface area contributed by atoms with Crippen molar-refractivity contribution in [3.05, 3.63) is 29.3 Å². The average molecular weight is 397 g/mol. The second-order valence-corrected chi connectivity index (χ2v) is 8.03. The summed E-state index contributed by atoms with van der Waals surface area (Å²) in [5, 5.41) is 12.2. The highest BCUT2D eigenvalue weighted by Crippen LogP contribution is 2.30. The Balaban J connectivity index is 1.55. The molecular formula is C22H27N3O4. The van der Waals surface area contributed by atoms with Crippen LogP contribution in [0, 0.1) is 31.1 Å². The number of amides is 2. The molecule has 1 N–H and O–H groups in total. The normalized spacial score (nSPS) is 20.8. The van der Waals surface area contributed by atoms with E-state index in [1.54, 1.807) is 4.90 Å². The largest absolute Gasteiger partial charge is 0.455 e. The standard InChI is InChI=1S/C22H27N3O4/c1-15-7-6-8-18(16(15)2)25-12-17(11-20(25)27)21(28)29-13-19(26)24-22(14-23)9-4-3-5-10-22/h6-8,17H,3-5,9-13H2,1-2H3,(H,24,26)/t17-/m1/s1. The number of benzene rings is 1. The van der Waals surface area contributed by atoms with E-state index >= 15 is 0 Å². The van der Waals surface area contributed by atoms with Crippen molar-refractivity contribution in [1.29, 1.82) is 5.26 Å². The van der Waals surface area contributed by atoms with Crippen molar-refractivity contribution < 1.29 is 19.1 Å². The number of hydrogen-bond donors (Lipinski definition) is 1. The maximum atomic E-state index is 12.4. The van der Waals surface area contributed by atoms with E-state index in [4.69, 9.17) is 4.74 Å². The van der Waals surface area contributed by atoms with Crippen LogP contribution in [-0.2, 0) is 19.1 Å². The van der Waals surface area contributed by atoms with Crippen LogP contribution in [0.5, 0.6) is 0 Å². The van der Waals surface area contributed by atoms with Crippen LogP contribution in [0.4, 0.5) is 5.69 Å². The minimum atomic E-state index is -0.857. The van der Waals surface area contributed by atoms with Gasteiger partial charge in [-0.05, 0) is 43.9 Å². The molecule has 2 aliphatic rings. The van der Waals surface area contributed by atoms with Gasteiger partial charge in [-0.2, -0.15) is 5.26 Å². The van der Waals surface area contributed by atoms with Crippen LogP contribution >= 0.6 is 0 Å². The van der Waals surface area contributed by atoms with Crippen molar-refractivity contribution in [3.63, 3.8) is 0 Å². The van der Waals surface area contributed by atoms with Crippen molar-refractivity contribution in [2.45, 2.75) is 57.9 Å². The van der Waals surface area contributed by atoms with Gasteiger partial charge in [0.25, 0.3) is 5.91 Å². The van der Waals surface area contributed by atoms with E-state index in [0.29, 0.717) is 12.8 Å². The lowest BCUT2D eigenvalue weighted by atomic mass is 9.83. The van der Waals surface area contributed by atoms with Crippen LogP contribution in [-0.4, -0.2) is 36.5 Å². The maximum absolute atomic E-state index is 12.4. The van der Waals surface area contributed by atoms with E-state index in [2.05, 4.69) is 11.4 Å². The molecule has 2 amide bonds. The fourth-order valence-electron chi connectivity index (χ4n) is 4.10. The third-order valence-electron chi connectivity index (χ3n) is 5.97. The second kappa shape index (κ2) is 8.64. The number of nitrogens with one attached hydrogen (secondary N) is 1. The number of ether oxygens (including phenoxy) is 1. The van der Waals surface area contributed by atoms with Gasteiger partial charge in [-0.15, -0.1) is 0 Å². The van der Waals surface area contributed by atoms with Gasteiger partial charge >= 0.3 is 5.97 Å². The molecule has 1 heterocycles. The Morgan fingerprint density at radius 2 is 2.00 bits per heavy atom. The molecular weight excluding hydrogens is 370 g/mol. The van der Waals surface area contributed by atoms with Crippen LogP contribution in [0.3, 0.4) is 0 Å². The Morgan fingerprint density at radius 1 is 1.28 bits per heavy atom. The summed E-state index contributed by atoms with van der Waals surface area (Å²) in [6.07, 6.45) is 4.14. The number of carbonyl (C=O) groups is 3. The summed E-state index contributed by atoms with van der Waals surface area (Å²) < 4.78 is 5.17. The highest BCUT2D eigenvalue weighted by Gasteiger charge is 2.38. The summed E-state index contributed by atoms with van der Waals surface area (Å²) in [5.41, 5.74) is 2.02. The minimum Gasteiger partial charge on any atom is -0.455 e. The number of nitriles is 1. The monoisotopic (exact) mass is 397 g/mol. The van der Waals surface area contributed by atoms with E-state index in [1.807, 2.05) is 32.0 Å². The summed E-state index contributed by atoms with van der Waals surface area (Å²) in [4.78, 5) is 38.7. The first-order valence-corrected chi connectivity index (χ1v) is 10.1. The molecule has 2 fully saturated rings. The number of rotatable bonds is 5. The van der Waals surface area contributed by atoms with Crippen LogP contribution in [0.15, 0.2) is 18.2 Å². The number of anilines is 1. The summed E-state index contributed by atoms with van der Waals surface area (Å²) >= 11 is 0. The SMILES string of the molecule is Cc1cccc(N2C[C@H](C(=O)OCC(=O)NC3(C#N)CCCCC3)CC2=O)c1C. The molecule has 1 aromatic rings.